The molecule has 0 saturated heterocycles. The first kappa shape index (κ1) is 14.5. The van der Waals surface area contributed by atoms with Crippen molar-refractivity contribution in [2.45, 2.75) is 13.5 Å². The van der Waals surface area contributed by atoms with Gasteiger partial charge in [-0.1, -0.05) is 12.1 Å². The number of rotatable bonds is 5. The van der Waals surface area contributed by atoms with Crippen LogP contribution in [0.1, 0.15) is 12.5 Å². The number of anilines is 2. The van der Waals surface area contributed by atoms with Crippen LogP contribution in [0.15, 0.2) is 42.5 Å². The third-order valence-corrected chi connectivity index (χ3v) is 3.17. The quantitative estimate of drug-likeness (QED) is 0.892. The van der Waals surface area contributed by atoms with Crippen molar-refractivity contribution in [3.8, 4) is 0 Å². The van der Waals surface area contributed by atoms with Gasteiger partial charge >= 0.3 is 0 Å². The maximum Gasteiger partial charge on any atom is 0.129 e. The summed E-state index contributed by atoms with van der Waals surface area (Å²) in [5.41, 5.74) is 2.06. The zero-order valence-electron chi connectivity index (χ0n) is 11.7. The highest BCUT2D eigenvalue weighted by Crippen LogP contribution is 2.30. The molecule has 0 radical (unpaired) electrons. The summed E-state index contributed by atoms with van der Waals surface area (Å²) >= 11 is 0. The van der Waals surface area contributed by atoms with Gasteiger partial charge in [0, 0.05) is 30.0 Å². The molecule has 0 aliphatic rings. The largest absolute Gasteiger partial charge is 0.341 e. The first-order valence-corrected chi connectivity index (χ1v) is 6.62. The first-order valence-electron chi connectivity index (χ1n) is 6.62. The zero-order chi connectivity index (χ0) is 14.5. The van der Waals surface area contributed by atoms with E-state index < -0.39 is 0 Å². The molecule has 106 valence electrons. The van der Waals surface area contributed by atoms with E-state index in [4.69, 9.17) is 0 Å². The fourth-order valence-electron chi connectivity index (χ4n) is 2.29. The van der Waals surface area contributed by atoms with Gasteiger partial charge in [-0.2, -0.15) is 0 Å². The normalized spacial score (nSPS) is 10.6. The Kier molecular flexibility index (Phi) is 4.69. The molecule has 0 fully saturated rings. The number of hydrogen-bond donors (Lipinski definition) is 1. The SMILES string of the molecule is CCN(c1cccc(F)c1)c1cccc(F)c1CNC. The Morgan fingerprint density at radius 1 is 1.10 bits per heavy atom. The van der Waals surface area contributed by atoms with E-state index in [2.05, 4.69) is 5.32 Å². The fraction of sp³-hybridized carbons (Fsp3) is 0.250. The predicted molar refractivity (Wildman–Crippen MR) is 78.2 cm³/mol. The topological polar surface area (TPSA) is 15.3 Å². The smallest absolute Gasteiger partial charge is 0.129 e. The highest BCUT2D eigenvalue weighted by Gasteiger charge is 2.15. The summed E-state index contributed by atoms with van der Waals surface area (Å²) in [5.74, 6) is -0.556. The minimum Gasteiger partial charge on any atom is -0.341 e. The molecule has 0 aromatic heterocycles. The van der Waals surface area contributed by atoms with Crippen LogP contribution in [0, 0.1) is 11.6 Å². The third-order valence-electron chi connectivity index (χ3n) is 3.17. The van der Waals surface area contributed by atoms with Crippen LogP contribution < -0.4 is 10.2 Å². The molecule has 0 aliphatic heterocycles. The Balaban J connectivity index is 2.49. The molecule has 4 heteroatoms. The Bertz CT molecular complexity index is 584. The van der Waals surface area contributed by atoms with E-state index in [1.807, 2.05) is 24.0 Å². The Morgan fingerprint density at radius 3 is 2.50 bits per heavy atom. The van der Waals surface area contributed by atoms with Crippen LogP contribution in [0.25, 0.3) is 0 Å². The highest BCUT2D eigenvalue weighted by atomic mass is 19.1. The molecule has 0 spiro atoms. The lowest BCUT2D eigenvalue weighted by Gasteiger charge is -2.26. The predicted octanol–water partition coefficient (Wildman–Crippen LogP) is 3.84. The van der Waals surface area contributed by atoms with Crippen LogP contribution >= 0.6 is 0 Å². The number of nitrogens with zero attached hydrogens (tertiary/aromatic N) is 1. The number of hydrogen-bond acceptors (Lipinski definition) is 2. The second kappa shape index (κ2) is 6.48. The van der Waals surface area contributed by atoms with Gasteiger partial charge in [-0.25, -0.2) is 8.78 Å². The maximum atomic E-state index is 14.0. The molecule has 0 amide bonds. The summed E-state index contributed by atoms with van der Waals surface area (Å²) in [6.07, 6.45) is 0. The van der Waals surface area contributed by atoms with Gasteiger partial charge in [-0.15, -0.1) is 0 Å². The van der Waals surface area contributed by atoms with Gasteiger partial charge in [0.1, 0.15) is 11.6 Å². The fourth-order valence-corrected chi connectivity index (χ4v) is 2.29. The number of halogens is 2. The molecule has 2 aromatic carbocycles. The van der Waals surface area contributed by atoms with E-state index in [0.717, 1.165) is 11.4 Å². The van der Waals surface area contributed by atoms with Gasteiger partial charge in [0.15, 0.2) is 0 Å². The molecule has 1 N–H and O–H groups in total. The summed E-state index contributed by atoms with van der Waals surface area (Å²) in [4.78, 5) is 1.90. The molecule has 0 atom stereocenters. The summed E-state index contributed by atoms with van der Waals surface area (Å²) < 4.78 is 27.4. The van der Waals surface area contributed by atoms with Crippen molar-refractivity contribution in [1.82, 2.24) is 5.32 Å². The Labute approximate surface area is 118 Å². The molecular formula is C16H18F2N2. The van der Waals surface area contributed by atoms with Gasteiger partial charge in [-0.05, 0) is 44.3 Å². The summed E-state index contributed by atoms with van der Waals surface area (Å²) in [7, 11) is 1.77. The molecule has 0 bridgehead atoms. The average Bonchev–Trinajstić information content (AvgIpc) is 2.43. The van der Waals surface area contributed by atoms with Crippen molar-refractivity contribution >= 4 is 11.4 Å². The minimum atomic E-state index is -0.299. The molecule has 0 unspecified atom stereocenters. The van der Waals surface area contributed by atoms with Gasteiger partial charge in [0.2, 0.25) is 0 Å². The van der Waals surface area contributed by atoms with Crippen molar-refractivity contribution in [2.24, 2.45) is 0 Å². The average molecular weight is 276 g/mol. The van der Waals surface area contributed by atoms with E-state index >= 15 is 0 Å². The van der Waals surface area contributed by atoms with Crippen LogP contribution in [0.3, 0.4) is 0 Å². The number of nitrogens with one attached hydrogen (secondary N) is 1. The minimum absolute atomic E-state index is 0.258. The molecular weight excluding hydrogens is 258 g/mol. The van der Waals surface area contributed by atoms with Crippen LogP contribution in [0.5, 0.6) is 0 Å². The van der Waals surface area contributed by atoms with E-state index in [1.165, 1.54) is 18.2 Å². The van der Waals surface area contributed by atoms with E-state index in [1.54, 1.807) is 19.2 Å². The lowest BCUT2D eigenvalue weighted by molar-refractivity contribution is 0.600. The van der Waals surface area contributed by atoms with Crippen LogP contribution in [0.4, 0.5) is 20.2 Å². The van der Waals surface area contributed by atoms with Gasteiger partial charge in [-0.3, -0.25) is 0 Å². The lowest BCUT2D eigenvalue weighted by Crippen LogP contribution is -2.20. The molecule has 2 nitrogen and oxygen atoms in total. The van der Waals surface area contributed by atoms with Crippen molar-refractivity contribution in [3.05, 3.63) is 59.7 Å². The van der Waals surface area contributed by atoms with Crippen LogP contribution in [0.2, 0.25) is 0 Å². The molecule has 0 aliphatic carbocycles. The number of benzene rings is 2. The maximum absolute atomic E-state index is 14.0. The first-order chi connectivity index (χ1) is 9.67. The van der Waals surface area contributed by atoms with E-state index in [9.17, 15) is 8.78 Å². The molecule has 2 rings (SSSR count). The van der Waals surface area contributed by atoms with Gasteiger partial charge in [0.25, 0.3) is 0 Å². The zero-order valence-corrected chi connectivity index (χ0v) is 11.7. The summed E-state index contributed by atoms with van der Waals surface area (Å²) in [6, 6.07) is 11.3. The van der Waals surface area contributed by atoms with Crippen molar-refractivity contribution in [3.63, 3.8) is 0 Å². The van der Waals surface area contributed by atoms with Crippen LogP contribution in [-0.4, -0.2) is 13.6 Å². The summed E-state index contributed by atoms with van der Waals surface area (Å²) in [5, 5.41) is 2.97. The van der Waals surface area contributed by atoms with Crippen LogP contribution in [-0.2, 0) is 6.54 Å². The molecule has 2 aromatic rings. The van der Waals surface area contributed by atoms with Gasteiger partial charge in [0.05, 0.1) is 0 Å². The molecule has 0 saturated carbocycles. The van der Waals surface area contributed by atoms with Gasteiger partial charge < -0.3 is 10.2 Å². The third kappa shape index (κ3) is 2.96. The highest BCUT2D eigenvalue weighted by molar-refractivity contribution is 5.66. The Morgan fingerprint density at radius 2 is 1.85 bits per heavy atom. The van der Waals surface area contributed by atoms with E-state index in [0.29, 0.717) is 18.7 Å². The Hall–Kier alpha value is -1.94. The van der Waals surface area contributed by atoms with Crippen molar-refractivity contribution in [2.75, 3.05) is 18.5 Å². The molecule has 20 heavy (non-hydrogen) atoms. The van der Waals surface area contributed by atoms with Crippen molar-refractivity contribution < 1.29 is 8.78 Å². The monoisotopic (exact) mass is 276 g/mol. The molecule has 0 heterocycles. The van der Waals surface area contributed by atoms with Crippen molar-refractivity contribution in [1.29, 1.82) is 0 Å². The van der Waals surface area contributed by atoms with E-state index in [-0.39, 0.29) is 11.6 Å². The second-order valence-electron chi connectivity index (χ2n) is 4.49. The standard InChI is InChI=1S/C16H18F2N2/c1-3-20(13-7-4-6-12(17)10-13)16-9-5-8-15(18)14(16)11-19-2/h4-10,19H,3,11H2,1-2H3. The second-order valence-corrected chi connectivity index (χ2v) is 4.49. The lowest BCUT2D eigenvalue weighted by atomic mass is 10.1. The summed E-state index contributed by atoms with van der Waals surface area (Å²) in [6.45, 7) is 3.01.